The van der Waals surface area contributed by atoms with Crippen molar-refractivity contribution in [3.63, 3.8) is 0 Å². The highest BCUT2D eigenvalue weighted by molar-refractivity contribution is 7.13. The van der Waals surface area contributed by atoms with Crippen molar-refractivity contribution in [2.75, 3.05) is 45.3 Å². The van der Waals surface area contributed by atoms with Crippen LogP contribution in [0.3, 0.4) is 0 Å². The second-order valence-electron chi connectivity index (χ2n) is 2.89. The molecule has 80 valence electrons. The number of methoxy groups -OCH3 is 1. The monoisotopic (exact) mass is 216 g/mol. The highest BCUT2D eigenvalue weighted by atomic mass is 32.1. The molecule has 0 aliphatic rings. The van der Waals surface area contributed by atoms with Crippen LogP contribution in [0.15, 0.2) is 5.51 Å². The Bertz CT molecular complexity index is 229. The van der Waals surface area contributed by atoms with Crippen molar-refractivity contribution in [2.45, 2.75) is 0 Å². The third kappa shape index (κ3) is 3.99. The van der Waals surface area contributed by atoms with Gasteiger partial charge in [0, 0.05) is 33.8 Å². The van der Waals surface area contributed by atoms with E-state index < -0.39 is 0 Å². The summed E-state index contributed by atoms with van der Waals surface area (Å²) in [5, 5.41) is 12.0. The molecule has 0 fully saturated rings. The molecule has 0 saturated heterocycles. The highest BCUT2D eigenvalue weighted by Crippen LogP contribution is 2.12. The maximum atomic E-state index is 4.92. The molecule has 0 aromatic carbocycles. The molecule has 14 heavy (non-hydrogen) atoms. The third-order valence-electron chi connectivity index (χ3n) is 1.78. The van der Waals surface area contributed by atoms with Crippen molar-refractivity contribution < 1.29 is 4.74 Å². The van der Waals surface area contributed by atoms with E-state index in [-0.39, 0.29) is 0 Å². The van der Waals surface area contributed by atoms with E-state index in [1.807, 2.05) is 7.05 Å². The molecule has 0 spiro atoms. The summed E-state index contributed by atoms with van der Waals surface area (Å²) in [5.74, 6) is 0. The van der Waals surface area contributed by atoms with Gasteiger partial charge >= 0.3 is 0 Å². The molecule has 0 aliphatic carbocycles. The van der Waals surface area contributed by atoms with E-state index in [9.17, 15) is 0 Å². The zero-order valence-electron chi connectivity index (χ0n) is 8.56. The van der Waals surface area contributed by atoms with Crippen molar-refractivity contribution in [2.24, 2.45) is 0 Å². The zero-order valence-corrected chi connectivity index (χ0v) is 9.38. The number of anilines is 1. The number of nitrogens with one attached hydrogen (secondary N) is 1. The molecule has 1 aromatic rings. The van der Waals surface area contributed by atoms with Crippen molar-refractivity contribution in [1.29, 1.82) is 0 Å². The smallest absolute Gasteiger partial charge is 0.207 e. The van der Waals surface area contributed by atoms with Crippen LogP contribution in [0.2, 0.25) is 0 Å². The maximum absolute atomic E-state index is 4.92. The van der Waals surface area contributed by atoms with Crippen LogP contribution in [0.4, 0.5) is 5.13 Å². The molecule has 6 heteroatoms. The van der Waals surface area contributed by atoms with E-state index in [0.29, 0.717) is 0 Å². The summed E-state index contributed by atoms with van der Waals surface area (Å²) < 4.78 is 4.92. The summed E-state index contributed by atoms with van der Waals surface area (Å²) in [6.45, 7) is 3.50. The molecule has 5 nitrogen and oxygen atoms in total. The molecule has 0 bridgehead atoms. The summed E-state index contributed by atoms with van der Waals surface area (Å²) >= 11 is 1.55. The molecule has 0 atom stereocenters. The number of hydrogen-bond donors (Lipinski definition) is 1. The number of rotatable bonds is 7. The van der Waals surface area contributed by atoms with Crippen molar-refractivity contribution in [3.05, 3.63) is 5.51 Å². The standard InChI is InChI=1S/C8H16N4OS/c1-12(8-11-10-7-14-8)5-3-9-4-6-13-2/h7,9H,3-6H2,1-2H3. The van der Waals surface area contributed by atoms with E-state index in [2.05, 4.69) is 20.4 Å². The quantitative estimate of drug-likeness (QED) is 0.660. The van der Waals surface area contributed by atoms with Gasteiger partial charge in [0.1, 0.15) is 5.51 Å². The Labute approximate surface area is 88.1 Å². The Morgan fingerprint density at radius 2 is 2.43 bits per heavy atom. The molecule has 1 heterocycles. The topological polar surface area (TPSA) is 50.3 Å². The van der Waals surface area contributed by atoms with E-state index in [1.165, 1.54) is 0 Å². The lowest BCUT2D eigenvalue weighted by Crippen LogP contribution is -2.30. The second-order valence-corrected chi connectivity index (χ2v) is 3.70. The zero-order chi connectivity index (χ0) is 10.2. The third-order valence-corrected chi connectivity index (χ3v) is 2.59. The van der Waals surface area contributed by atoms with Crippen LogP contribution < -0.4 is 10.2 Å². The largest absolute Gasteiger partial charge is 0.383 e. The minimum atomic E-state index is 0.753. The van der Waals surface area contributed by atoms with Gasteiger partial charge in [0.25, 0.3) is 0 Å². The van der Waals surface area contributed by atoms with Gasteiger partial charge in [0.15, 0.2) is 0 Å². The van der Waals surface area contributed by atoms with Crippen LogP contribution in [0, 0.1) is 0 Å². The fourth-order valence-corrected chi connectivity index (χ4v) is 1.53. The molecule has 1 N–H and O–H groups in total. The van der Waals surface area contributed by atoms with Crippen LogP contribution in [-0.4, -0.2) is 50.6 Å². The minimum Gasteiger partial charge on any atom is -0.383 e. The van der Waals surface area contributed by atoms with Crippen LogP contribution in [0.5, 0.6) is 0 Å². The van der Waals surface area contributed by atoms with Gasteiger partial charge < -0.3 is 15.0 Å². The first-order valence-electron chi connectivity index (χ1n) is 4.51. The number of aromatic nitrogens is 2. The fraction of sp³-hybridized carbons (Fsp3) is 0.750. The van der Waals surface area contributed by atoms with Crippen LogP contribution in [0.25, 0.3) is 0 Å². The van der Waals surface area contributed by atoms with E-state index in [1.54, 1.807) is 24.0 Å². The highest BCUT2D eigenvalue weighted by Gasteiger charge is 2.02. The molecule has 1 aromatic heterocycles. The molecule has 0 unspecified atom stereocenters. The minimum absolute atomic E-state index is 0.753. The van der Waals surface area contributed by atoms with Gasteiger partial charge in [0.2, 0.25) is 5.13 Å². The Hall–Kier alpha value is -0.720. The van der Waals surface area contributed by atoms with Gasteiger partial charge in [-0.3, -0.25) is 0 Å². The van der Waals surface area contributed by atoms with Gasteiger partial charge in [0.05, 0.1) is 6.61 Å². The average molecular weight is 216 g/mol. The molecule has 1 rings (SSSR count). The lowest BCUT2D eigenvalue weighted by molar-refractivity contribution is 0.200. The first kappa shape index (κ1) is 11.4. The normalized spacial score (nSPS) is 10.4. The molecule has 0 aliphatic heterocycles. The summed E-state index contributed by atoms with van der Waals surface area (Å²) in [6, 6.07) is 0. The Morgan fingerprint density at radius 3 is 3.07 bits per heavy atom. The maximum Gasteiger partial charge on any atom is 0.207 e. The van der Waals surface area contributed by atoms with Crippen LogP contribution >= 0.6 is 11.3 Å². The first-order valence-corrected chi connectivity index (χ1v) is 5.39. The average Bonchev–Trinajstić information content (AvgIpc) is 2.70. The van der Waals surface area contributed by atoms with Crippen molar-refractivity contribution in [1.82, 2.24) is 15.5 Å². The van der Waals surface area contributed by atoms with Gasteiger partial charge in [-0.2, -0.15) is 0 Å². The van der Waals surface area contributed by atoms with Crippen molar-refractivity contribution in [3.8, 4) is 0 Å². The van der Waals surface area contributed by atoms with Crippen LogP contribution in [0.1, 0.15) is 0 Å². The summed E-state index contributed by atoms with van der Waals surface area (Å²) in [6.07, 6.45) is 0. The number of ether oxygens (including phenoxy) is 1. The summed E-state index contributed by atoms with van der Waals surface area (Å²) in [7, 11) is 3.72. The lowest BCUT2D eigenvalue weighted by Gasteiger charge is -2.14. The lowest BCUT2D eigenvalue weighted by atomic mass is 10.5. The predicted octanol–water partition coefficient (Wildman–Crippen LogP) is 0.210. The summed E-state index contributed by atoms with van der Waals surface area (Å²) in [5.41, 5.74) is 1.74. The number of nitrogens with zero attached hydrogens (tertiary/aromatic N) is 3. The molecular weight excluding hydrogens is 200 g/mol. The summed E-state index contributed by atoms with van der Waals surface area (Å²) in [4.78, 5) is 2.08. The Balaban J connectivity index is 2.07. The van der Waals surface area contributed by atoms with Gasteiger partial charge in [-0.15, -0.1) is 10.2 Å². The molecule has 0 radical (unpaired) electrons. The molecule has 0 amide bonds. The van der Waals surface area contributed by atoms with Gasteiger partial charge in [-0.1, -0.05) is 11.3 Å². The number of hydrogen-bond acceptors (Lipinski definition) is 6. The van der Waals surface area contributed by atoms with Gasteiger partial charge in [-0.05, 0) is 0 Å². The van der Waals surface area contributed by atoms with E-state index >= 15 is 0 Å². The van der Waals surface area contributed by atoms with Gasteiger partial charge in [-0.25, -0.2) is 0 Å². The predicted molar refractivity (Wildman–Crippen MR) is 57.9 cm³/mol. The Kier molecular flexibility index (Phi) is 5.43. The van der Waals surface area contributed by atoms with Crippen LogP contribution in [-0.2, 0) is 4.74 Å². The Morgan fingerprint density at radius 1 is 1.57 bits per heavy atom. The fourth-order valence-electron chi connectivity index (χ4n) is 0.975. The van der Waals surface area contributed by atoms with E-state index in [0.717, 1.165) is 31.4 Å². The van der Waals surface area contributed by atoms with E-state index in [4.69, 9.17) is 4.74 Å². The molecule has 0 saturated carbocycles. The number of likely N-dealkylation sites (N-methyl/N-ethyl adjacent to an activating group) is 1. The SMILES string of the molecule is COCCNCCN(C)c1nncs1. The molecular formula is C8H16N4OS. The van der Waals surface area contributed by atoms with Crippen molar-refractivity contribution >= 4 is 16.5 Å². The second kappa shape index (κ2) is 6.69. The first-order chi connectivity index (χ1) is 6.84.